The van der Waals surface area contributed by atoms with Crippen molar-refractivity contribution < 1.29 is 9.53 Å². The lowest BCUT2D eigenvalue weighted by atomic mass is 10.1. The quantitative estimate of drug-likeness (QED) is 0.693. The minimum Gasteiger partial charge on any atom is -0.496 e. The molecule has 0 radical (unpaired) electrons. The summed E-state index contributed by atoms with van der Waals surface area (Å²) in [5, 5.41) is 7.72. The van der Waals surface area contributed by atoms with E-state index in [9.17, 15) is 4.79 Å². The van der Waals surface area contributed by atoms with Crippen LogP contribution in [0.1, 0.15) is 24.7 Å². The van der Waals surface area contributed by atoms with E-state index >= 15 is 0 Å². The molecule has 0 aliphatic carbocycles. The van der Waals surface area contributed by atoms with E-state index in [1.54, 1.807) is 7.11 Å². The second-order valence-corrected chi connectivity index (χ2v) is 7.72. The highest BCUT2D eigenvalue weighted by atomic mass is 35.5. The number of nitrogens with zero attached hydrogens (tertiary/aromatic N) is 4. The molecule has 0 spiro atoms. The van der Waals surface area contributed by atoms with Crippen molar-refractivity contribution in [1.82, 2.24) is 24.6 Å². The molecule has 1 aromatic heterocycles. The van der Waals surface area contributed by atoms with Crippen LogP contribution in [0.3, 0.4) is 0 Å². The molecular formula is C19H26ClN5O2S. The topological polar surface area (TPSA) is 66.4 Å². The molecule has 0 bridgehead atoms. The van der Waals surface area contributed by atoms with Crippen molar-refractivity contribution in [3.8, 4) is 5.75 Å². The summed E-state index contributed by atoms with van der Waals surface area (Å²) in [4.78, 5) is 17.0. The van der Waals surface area contributed by atoms with Crippen molar-refractivity contribution in [2.75, 3.05) is 33.3 Å². The molecule has 152 valence electrons. The second-order valence-electron chi connectivity index (χ2n) is 6.89. The number of nitrogens with one attached hydrogen (secondary N) is 1. The van der Waals surface area contributed by atoms with Gasteiger partial charge in [-0.2, -0.15) is 5.10 Å². The summed E-state index contributed by atoms with van der Waals surface area (Å²) in [6.07, 6.45) is 1.76. The zero-order valence-electron chi connectivity index (χ0n) is 16.3. The summed E-state index contributed by atoms with van der Waals surface area (Å²) in [6, 6.07) is 5.65. The van der Waals surface area contributed by atoms with Gasteiger partial charge in [0.15, 0.2) is 4.77 Å². The summed E-state index contributed by atoms with van der Waals surface area (Å²) < 4.78 is 7.74. The van der Waals surface area contributed by atoms with Gasteiger partial charge in [0.1, 0.15) is 18.1 Å². The van der Waals surface area contributed by atoms with Gasteiger partial charge >= 0.3 is 0 Å². The van der Waals surface area contributed by atoms with Gasteiger partial charge in [-0.3, -0.25) is 19.4 Å². The van der Waals surface area contributed by atoms with E-state index in [1.165, 1.54) is 0 Å². The molecule has 2 heterocycles. The number of ether oxygens (including phenoxy) is 1. The Hall–Kier alpha value is -1.90. The van der Waals surface area contributed by atoms with E-state index in [4.69, 9.17) is 28.6 Å². The zero-order valence-corrected chi connectivity index (χ0v) is 17.9. The lowest BCUT2D eigenvalue weighted by molar-refractivity contribution is -0.133. The predicted octanol–water partition coefficient (Wildman–Crippen LogP) is 2.90. The number of benzene rings is 1. The van der Waals surface area contributed by atoms with E-state index in [0.717, 1.165) is 49.6 Å². The molecule has 1 aliphatic heterocycles. The van der Waals surface area contributed by atoms with Crippen molar-refractivity contribution in [1.29, 1.82) is 0 Å². The van der Waals surface area contributed by atoms with Crippen molar-refractivity contribution in [2.45, 2.75) is 32.9 Å². The summed E-state index contributed by atoms with van der Waals surface area (Å²) in [5.74, 6) is 1.75. The Morgan fingerprint density at radius 2 is 2.07 bits per heavy atom. The summed E-state index contributed by atoms with van der Waals surface area (Å²) >= 11 is 11.4. The highest BCUT2D eigenvalue weighted by molar-refractivity contribution is 7.71. The monoisotopic (exact) mass is 423 g/mol. The van der Waals surface area contributed by atoms with Gasteiger partial charge in [-0.05, 0) is 36.8 Å². The third-order valence-electron chi connectivity index (χ3n) is 4.97. The summed E-state index contributed by atoms with van der Waals surface area (Å²) in [7, 11) is 1.66. The fourth-order valence-corrected chi connectivity index (χ4v) is 3.84. The number of methoxy groups -OCH3 is 1. The molecule has 1 aromatic carbocycles. The molecule has 28 heavy (non-hydrogen) atoms. The number of amides is 1. The van der Waals surface area contributed by atoms with Crippen LogP contribution in [0.25, 0.3) is 0 Å². The maximum atomic E-state index is 12.7. The van der Waals surface area contributed by atoms with E-state index in [1.807, 2.05) is 27.7 Å². The normalized spacial score (nSPS) is 15.0. The molecule has 2 aromatic rings. The number of carbonyl (C=O) groups is 1. The summed E-state index contributed by atoms with van der Waals surface area (Å²) in [5.41, 5.74) is 1.06. The Morgan fingerprint density at radius 3 is 2.75 bits per heavy atom. The first-order valence-corrected chi connectivity index (χ1v) is 10.3. The first-order valence-electron chi connectivity index (χ1n) is 9.48. The fraction of sp³-hybridized carbons (Fsp3) is 0.526. The average molecular weight is 424 g/mol. The Morgan fingerprint density at radius 1 is 1.32 bits per heavy atom. The smallest absolute Gasteiger partial charge is 0.242 e. The SMILES string of the molecule is CCCc1n[nH]c(=S)n1CC(=O)N1CCN(Cc2cc(Cl)ccc2OC)CC1. The second kappa shape index (κ2) is 9.54. The van der Waals surface area contributed by atoms with Gasteiger partial charge < -0.3 is 9.64 Å². The molecule has 3 rings (SSSR count). The van der Waals surface area contributed by atoms with Gasteiger partial charge in [0.2, 0.25) is 5.91 Å². The molecule has 0 unspecified atom stereocenters. The lowest BCUT2D eigenvalue weighted by Crippen LogP contribution is -2.49. The maximum absolute atomic E-state index is 12.7. The predicted molar refractivity (Wildman–Crippen MR) is 111 cm³/mol. The van der Waals surface area contributed by atoms with Crippen molar-refractivity contribution in [3.63, 3.8) is 0 Å². The van der Waals surface area contributed by atoms with Crippen molar-refractivity contribution in [3.05, 3.63) is 39.4 Å². The minimum atomic E-state index is 0.0786. The number of rotatable bonds is 7. The van der Waals surface area contributed by atoms with Crippen LogP contribution >= 0.6 is 23.8 Å². The van der Waals surface area contributed by atoms with Crippen LogP contribution in [0, 0.1) is 4.77 Å². The molecule has 0 atom stereocenters. The average Bonchev–Trinajstić information content (AvgIpc) is 3.02. The van der Waals surface area contributed by atoms with Gasteiger partial charge in [0.25, 0.3) is 0 Å². The lowest BCUT2D eigenvalue weighted by Gasteiger charge is -2.35. The number of aryl methyl sites for hydroxylation is 1. The van der Waals surface area contributed by atoms with Gasteiger partial charge in [0, 0.05) is 49.7 Å². The highest BCUT2D eigenvalue weighted by Crippen LogP contribution is 2.24. The number of hydrogen-bond donors (Lipinski definition) is 1. The first-order chi connectivity index (χ1) is 13.5. The molecule has 0 saturated carbocycles. The largest absolute Gasteiger partial charge is 0.496 e. The molecule has 9 heteroatoms. The van der Waals surface area contributed by atoms with Crippen molar-refractivity contribution >= 4 is 29.7 Å². The first kappa shape index (κ1) is 20.8. The number of aromatic amines is 1. The van der Waals surface area contributed by atoms with Crippen molar-refractivity contribution in [2.24, 2.45) is 0 Å². The van der Waals surface area contributed by atoms with Gasteiger partial charge in [-0.1, -0.05) is 18.5 Å². The van der Waals surface area contributed by atoms with E-state index < -0.39 is 0 Å². The fourth-order valence-electron chi connectivity index (χ4n) is 3.43. The molecule has 1 fully saturated rings. The third-order valence-corrected chi connectivity index (χ3v) is 5.51. The number of piperazine rings is 1. The van der Waals surface area contributed by atoms with Crippen LogP contribution in [0.15, 0.2) is 18.2 Å². The van der Waals surface area contributed by atoms with Gasteiger partial charge in [0.05, 0.1) is 7.11 Å². The van der Waals surface area contributed by atoms with Gasteiger partial charge in [-0.15, -0.1) is 0 Å². The van der Waals surface area contributed by atoms with E-state index in [2.05, 4.69) is 22.0 Å². The molecule has 1 N–H and O–H groups in total. The molecule has 1 amide bonds. The molecular weight excluding hydrogens is 398 g/mol. The zero-order chi connectivity index (χ0) is 20.1. The third kappa shape index (κ3) is 4.92. The van der Waals surface area contributed by atoms with Crippen LogP contribution in [-0.4, -0.2) is 63.8 Å². The maximum Gasteiger partial charge on any atom is 0.242 e. The van der Waals surface area contributed by atoms with Crippen LogP contribution in [0.5, 0.6) is 5.75 Å². The summed E-state index contributed by atoms with van der Waals surface area (Å²) in [6.45, 7) is 6.07. The van der Waals surface area contributed by atoms with E-state index in [-0.39, 0.29) is 12.5 Å². The number of hydrogen-bond acceptors (Lipinski definition) is 5. The Balaban J connectivity index is 1.57. The number of halogens is 1. The Bertz CT molecular complexity index is 873. The van der Waals surface area contributed by atoms with Crippen LogP contribution < -0.4 is 4.74 Å². The minimum absolute atomic E-state index is 0.0786. The molecule has 7 nitrogen and oxygen atoms in total. The number of aromatic nitrogens is 3. The Labute approximate surface area is 175 Å². The Kier molecular flexibility index (Phi) is 7.09. The molecule has 1 aliphatic rings. The van der Waals surface area contributed by atoms with Crippen LogP contribution in [0.4, 0.5) is 0 Å². The van der Waals surface area contributed by atoms with E-state index in [0.29, 0.717) is 22.9 Å². The van der Waals surface area contributed by atoms with Crippen LogP contribution in [0.2, 0.25) is 5.02 Å². The molecule has 1 saturated heterocycles. The number of carbonyl (C=O) groups excluding carboxylic acids is 1. The standard InChI is InChI=1S/C19H26ClN5O2S/c1-3-4-17-21-22-19(28)25(17)13-18(26)24-9-7-23(8-10-24)12-14-11-15(20)5-6-16(14)27-2/h5-6,11H,3-4,7-10,12-13H2,1-2H3,(H,22,28). The van der Waals surface area contributed by atoms with Gasteiger partial charge in [-0.25, -0.2) is 0 Å². The highest BCUT2D eigenvalue weighted by Gasteiger charge is 2.23. The van der Waals surface area contributed by atoms with Crippen LogP contribution in [-0.2, 0) is 24.3 Å². The number of H-pyrrole nitrogens is 1.